The molecular weight excluding hydrogens is 328 g/mol. The molecule has 0 radical (unpaired) electrons. The zero-order valence-corrected chi connectivity index (χ0v) is 13.4. The lowest BCUT2D eigenvalue weighted by Crippen LogP contribution is -2.36. The van der Waals surface area contributed by atoms with Crippen molar-refractivity contribution in [3.8, 4) is 0 Å². The highest BCUT2D eigenvalue weighted by molar-refractivity contribution is 9.10. The van der Waals surface area contributed by atoms with Crippen LogP contribution in [0.5, 0.6) is 0 Å². The van der Waals surface area contributed by atoms with E-state index in [1.165, 1.54) is 12.8 Å². The van der Waals surface area contributed by atoms with Crippen molar-refractivity contribution in [1.29, 1.82) is 0 Å². The van der Waals surface area contributed by atoms with Gasteiger partial charge in [-0.1, -0.05) is 19.1 Å². The maximum absolute atomic E-state index is 12.1. The lowest BCUT2D eigenvalue weighted by atomic mass is 10.4. The summed E-state index contributed by atoms with van der Waals surface area (Å²) in [4.78, 5) is 2.62. The molecule has 0 amide bonds. The lowest BCUT2D eigenvalue weighted by molar-refractivity contribution is 0.282. The lowest BCUT2D eigenvalue weighted by Gasteiger charge is -2.19. The Kier molecular flexibility index (Phi) is 5.00. The number of hydrogen-bond donors (Lipinski definition) is 1. The highest BCUT2D eigenvalue weighted by Crippen LogP contribution is 2.26. The largest absolute Gasteiger partial charge is 0.299 e. The summed E-state index contributed by atoms with van der Waals surface area (Å²) >= 11 is 3.27. The van der Waals surface area contributed by atoms with Crippen LogP contribution in [0.15, 0.2) is 33.6 Å². The van der Waals surface area contributed by atoms with Gasteiger partial charge in [-0.05, 0) is 47.4 Å². The third-order valence-electron chi connectivity index (χ3n) is 3.29. The van der Waals surface area contributed by atoms with Gasteiger partial charge in [-0.2, -0.15) is 0 Å². The van der Waals surface area contributed by atoms with Crippen LogP contribution in [0.25, 0.3) is 0 Å². The molecule has 1 aromatic rings. The van der Waals surface area contributed by atoms with Crippen LogP contribution in [-0.4, -0.2) is 39.0 Å². The number of likely N-dealkylation sites (N-methyl/N-ethyl adjacent to an activating group) is 1. The first kappa shape index (κ1) is 15.0. The van der Waals surface area contributed by atoms with Crippen molar-refractivity contribution >= 4 is 26.0 Å². The minimum absolute atomic E-state index is 0.296. The summed E-state index contributed by atoms with van der Waals surface area (Å²) in [5.74, 6) is 0. The molecule has 1 N–H and O–H groups in total. The summed E-state index contributed by atoms with van der Waals surface area (Å²) in [6.45, 7) is 4.31. The Labute approximate surface area is 123 Å². The van der Waals surface area contributed by atoms with E-state index in [9.17, 15) is 8.42 Å². The van der Waals surface area contributed by atoms with Crippen LogP contribution in [0.1, 0.15) is 19.8 Å². The van der Waals surface area contributed by atoms with Gasteiger partial charge >= 0.3 is 0 Å². The van der Waals surface area contributed by atoms with Crippen molar-refractivity contribution in [3.63, 3.8) is 0 Å². The molecule has 1 aliphatic rings. The molecule has 0 saturated heterocycles. The summed E-state index contributed by atoms with van der Waals surface area (Å²) in [5, 5.41) is 0. The van der Waals surface area contributed by atoms with Gasteiger partial charge in [-0.3, -0.25) is 4.90 Å². The zero-order valence-electron chi connectivity index (χ0n) is 11.0. The Morgan fingerprint density at radius 3 is 2.63 bits per heavy atom. The van der Waals surface area contributed by atoms with E-state index in [4.69, 9.17) is 0 Å². The van der Waals surface area contributed by atoms with Crippen molar-refractivity contribution in [2.45, 2.75) is 30.7 Å². The minimum atomic E-state index is -3.42. The topological polar surface area (TPSA) is 49.4 Å². The Hall–Kier alpha value is -0.430. The summed E-state index contributed by atoms with van der Waals surface area (Å²) in [6, 6.07) is 7.52. The average molecular weight is 347 g/mol. The van der Waals surface area contributed by atoms with Crippen LogP contribution >= 0.6 is 15.9 Å². The second-order valence-electron chi connectivity index (χ2n) is 4.69. The van der Waals surface area contributed by atoms with E-state index >= 15 is 0 Å². The van der Waals surface area contributed by atoms with Crippen LogP contribution < -0.4 is 4.72 Å². The Morgan fingerprint density at radius 2 is 2.05 bits per heavy atom. The highest BCUT2D eigenvalue weighted by atomic mass is 79.9. The number of hydrogen-bond acceptors (Lipinski definition) is 3. The predicted molar refractivity (Wildman–Crippen MR) is 79.6 cm³/mol. The first-order valence-corrected chi connectivity index (χ1v) is 8.80. The smallest absolute Gasteiger partial charge is 0.241 e. The Balaban J connectivity index is 1.92. The molecule has 0 unspecified atom stereocenters. The van der Waals surface area contributed by atoms with Gasteiger partial charge in [0.1, 0.15) is 0 Å². The van der Waals surface area contributed by atoms with Gasteiger partial charge in [0.2, 0.25) is 10.0 Å². The van der Waals surface area contributed by atoms with E-state index in [2.05, 4.69) is 32.5 Å². The van der Waals surface area contributed by atoms with Crippen LogP contribution in [0, 0.1) is 0 Å². The van der Waals surface area contributed by atoms with Crippen molar-refractivity contribution in [1.82, 2.24) is 9.62 Å². The van der Waals surface area contributed by atoms with Crippen molar-refractivity contribution in [2.75, 3.05) is 19.6 Å². The van der Waals surface area contributed by atoms with Crippen LogP contribution in [0.3, 0.4) is 0 Å². The predicted octanol–water partition coefficient (Wildman–Crippen LogP) is 2.21. The molecule has 0 aromatic heterocycles. The van der Waals surface area contributed by atoms with E-state index in [-0.39, 0.29) is 0 Å². The second kappa shape index (κ2) is 6.35. The fourth-order valence-corrected chi connectivity index (χ4v) is 4.12. The summed E-state index contributed by atoms with van der Waals surface area (Å²) in [7, 11) is -3.42. The van der Waals surface area contributed by atoms with Gasteiger partial charge in [-0.15, -0.1) is 0 Å². The molecule has 0 spiro atoms. The highest BCUT2D eigenvalue weighted by Gasteiger charge is 2.27. The molecule has 1 saturated carbocycles. The maximum atomic E-state index is 12.1. The number of nitrogens with one attached hydrogen (secondary N) is 1. The van der Waals surface area contributed by atoms with Gasteiger partial charge in [0.05, 0.1) is 4.90 Å². The molecule has 1 aromatic carbocycles. The Bertz CT molecular complexity index is 529. The molecule has 1 fully saturated rings. The molecule has 0 heterocycles. The van der Waals surface area contributed by atoms with Gasteiger partial charge in [0.15, 0.2) is 0 Å². The normalized spacial score (nSPS) is 15.9. The number of benzene rings is 1. The molecule has 4 nitrogen and oxygen atoms in total. The molecule has 106 valence electrons. The van der Waals surface area contributed by atoms with E-state index < -0.39 is 10.0 Å². The number of sulfonamides is 1. The molecule has 19 heavy (non-hydrogen) atoms. The number of nitrogens with zero attached hydrogens (tertiary/aromatic N) is 1. The van der Waals surface area contributed by atoms with E-state index in [1.807, 2.05) is 0 Å². The van der Waals surface area contributed by atoms with Gasteiger partial charge < -0.3 is 0 Å². The standard InChI is InChI=1S/C13H19BrN2O2S/c1-2-16(11-7-8-11)10-9-15-19(17,18)13-6-4-3-5-12(13)14/h3-6,11,15H,2,7-10H2,1H3. The minimum Gasteiger partial charge on any atom is -0.299 e. The zero-order chi connectivity index (χ0) is 13.9. The molecule has 1 aliphatic carbocycles. The van der Waals surface area contributed by atoms with Gasteiger partial charge in [0.25, 0.3) is 0 Å². The van der Waals surface area contributed by atoms with Gasteiger partial charge in [-0.25, -0.2) is 13.1 Å². The SMILES string of the molecule is CCN(CCNS(=O)(=O)c1ccccc1Br)C1CC1. The summed E-state index contributed by atoms with van der Waals surface area (Å²) < 4.78 is 27.6. The quantitative estimate of drug-likeness (QED) is 0.823. The second-order valence-corrected chi connectivity index (χ2v) is 7.28. The fourth-order valence-electron chi connectivity index (χ4n) is 2.10. The fraction of sp³-hybridized carbons (Fsp3) is 0.538. The molecule has 6 heteroatoms. The van der Waals surface area contributed by atoms with Crippen molar-refractivity contribution < 1.29 is 8.42 Å². The first-order chi connectivity index (χ1) is 9.04. The first-order valence-electron chi connectivity index (χ1n) is 6.53. The van der Waals surface area contributed by atoms with Crippen LogP contribution in [-0.2, 0) is 10.0 Å². The third kappa shape index (κ3) is 4.02. The molecule has 0 aliphatic heterocycles. The van der Waals surface area contributed by atoms with Crippen LogP contribution in [0.2, 0.25) is 0 Å². The van der Waals surface area contributed by atoms with Crippen molar-refractivity contribution in [3.05, 3.63) is 28.7 Å². The van der Waals surface area contributed by atoms with Crippen LogP contribution in [0.4, 0.5) is 0 Å². The number of halogens is 1. The Morgan fingerprint density at radius 1 is 1.37 bits per heavy atom. The number of rotatable bonds is 7. The maximum Gasteiger partial charge on any atom is 0.241 e. The third-order valence-corrected chi connectivity index (χ3v) is 5.76. The van der Waals surface area contributed by atoms with E-state index in [1.54, 1.807) is 24.3 Å². The molecule has 0 atom stereocenters. The summed E-state index contributed by atoms with van der Waals surface area (Å²) in [5.41, 5.74) is 0. The van der Waals surface area contributed by atoms with E-state index in [0.29, 0.717) is 22.0 Å². The molecular formula is C13H19BrN2O2S. The summed E-state index contributed by atoms with van der Waals surface area (Å²) in [6.07, 6.45) is 2.48. The van der Waals surface area contributed by atoms with E-state index in [0.717, 1.165) is 13.1 Å². The molecule has 0 bridgehead atoms. The molecule has 2 rings (SSSR count). The average Bonchev–Trinajstić information content (AvgIpc) is 3.19. The van der Waals surface area contributed by atoms with Gasteiger partial charge in [0, 0.05) is 23.6 Å². The van der Waals surface area contributed by atoms with Crippen molar-refractivity contribution in [2.24, 2.45) is 0 Å². The monoisotopic (exact) mass is 346 g/mol.